The molecule has 0 spiro atoms. The lowest BCUT2D eigenvalue weighted by Crippen LogP contribution is -2.26. The molecule has 0 saturated carbocycles. The van der Waals surface area contributed by atoms with Crippen molar-refractivity contribution in [3.63, 3.8) is 0 Å². The van der Waals surface area contributed by atoms with Gasteiger partial charge in [-0.3, -0.25) is 10.1 Å². The van der Waals surface area contributed by atoms with E-state index in [2.05, 4.69) is 15.9 Å². The Hall–Kier alpha value is -0.640. The van der Waals surface area contributed by atoms with Crippen LogP contribution in [0.5, 0.6) is 0 Å². The van der Waals surface area contributed by atoms with Crippen LogP contribution in [-0.2, 0) is 0 Å². The molecule has 0 aromatic carbocycles. The van der Waals surface area contributed by atoms with Gasteiger partial charge in [-0.05, 0) is 11.6 Å². The van der Waals surface area contributed by atoms with Gasteiger partial charge >= 0.3 is 0 Å². The van der Waals surface area contributed by atoms with Crippen LogP contribution in [0.2, 0.25) is 0 Å². The van der Waals surface area contributed by atoms with Gasteiger partial charge in [0, 0.05) is 16.2 Å². The summed E-state index contributed by atoms with van der Waals surface area (Å²) in [5.41, 5.74) is 1.11. The molecule has 1 rings (SSSR count). The first-order valence-electron chi connectivity index (χ1n) is 3.73. The summed E-state index contributed by atoms with van der Waals surface area (Å²) >= 11 is 3.31. The summed E-state index contributed by atoms with van der Waals surface area (Å²) < 4.78 is 0. The van der Waals surface area contributed by atoms with Crippen molar-refractivity contribution in [3.05, 3.63) is 33.9 Å². The van der Waals surface area contributed by atoms with Crippen molar-refractivity contribution in [2.75, 3.05) is 5.33 Å². The van der Waals surface area contributed by atoms with Crippen LogP contribution < -0.4 is 0 Å². The van der Waals surface area contributed by atoms with E-state index >= 15 is 0 Å². The fraction of sp³-hybridized carbons (Fsp3) is 0.500. The average molecular weight is 232 g/mol. The fourth-order valence-corrected chi connectivity index (χ4v) is 1.61. The van der Waals surface area contributed by atoms with Gasteiger partial charge in [0.1, 0.15) is 0 Å². The number of halogens is 1. The predicted octanol–water partition coefficient (Wildman–Crippen LogP) is 2.16. The lowest BCUT2D eigenvalue weighted by Gasteiger charge is -2.15. The van der Waals surface area contributed by atoms with Crippen LogP contribution in [0.25, 0.3) is 0 Å². The quantitative estimate of drug-likeness (QED) is 0.416. The molecule has 0 radical (unpaired) electrons. The van der Waals surface area contributed by atoms with E-state index in [1.165, 1.54) is 0 Å². The zero-order valence-electron chi connectivity index (χ0n) is 6.74. The summed E-state index contributed by atoms with van der Waals surface area (Å²) in [5.74, 6) is -0.00227. The van der Waals surface area contributed by atoms with Crippen LogP contribution in [0.3, 0.4) is 0 Å². The van der Waals surface area contributed by atoms with E-state index in [1.54, 1.807) is 6.08 Å². The molecule has 12 heavy (non-hydrogen) atoms. The number of alkyl halides is 1. The molecule has 1 aliphatic rings. The van der Waals surface area contributed by atoms with Crippen molar-refractivity contribution >= 4 is 15.9 Å². The smallest absolute Gasteiger partial charge is 0.237 e. The number of nitrogens with zero attached hydrogens (tertiary/aromatic N) is 1. The second-order valence-electron chi connectivity index (χ2n) is 2.87. The zero-order chi connectivity index (χ0) is 9.14. The largest absolute Gasteiger partial charge is 0.264 e. The lowest BCUT2D eigenvalue weighted by atomic mass is 9.94. The topological polar surface area (TPSA) is 43.1 Å². The number of nitro groups is 1. The molecular formula is C8H10BrNO2. The Morgan fingerprint density at radius 1 is 1.75 bits per heavy atom. The second kappa shape index (κ2) is 3.85. The maximum absolute atomic E-state index is 10.5. The van der Waals surface area contributed by atoms with Crippen molar-refractivity contribution in [2.45, 2.75) is 13.0 Å². The number of hydrogen-bond donors (Lipinski definition) is 0. The molecule has 66 valence electrons. The molecule has 0 heterocycles. The van der Waals surface area contributed by atoms with Gasteiger partial charge < -0.3 is 0 Å². The molecule has 0 N–H and O–H groups in total. The van der Waals surface area contributed by atoms with E-state index < -0.39 is 6.04 Å². The minimum atomic E-state index is -0.548. The highest BCUT2D eigenvalue weighted by Crippen LogP contribution is 2.19. The summed E-state index contributed by atoms with van der Waals surface area (Å²) in [6.07, 6.45) is 5.39. The molecule has 0 amide bonds. The van der Waals surface area contributed by atoms with Gasteiger partial charge in [-0.1, -0.05) is 35.0 Å². The molecule has 0 aliphatic heterocycles. The van der Waals surface area contributed by atoms with E-state index in [0.29, 0.717) is 0 Å². The van der Waals surface area contributed by atoms with Crippen molar-refractivity contribution in [1.82, 2.24) is 0 Å². The molecule has 0 fully saturated rings. The summed E-state index contributed by atoms with van der Waals surface area (Å²) in [4.78, 5) is 10.2. The van der Waals surface area contributed by atoms with Crippen LogP contribution in [0.4, 0.5) is 0 Å². The Balaban J connectivity index is 2.74. The van der Waals surface area contributed by atoms with E-state index in [4.69, 9.17) is 0 Å². The molecule has 0 saturated heterocycles. The molecule has 3 nitrogen and oxygen atoms in total. The van der Waals surface area contributed by atoms with Gasteiger partial charge in [0.15, 0.2) is 0 Å². The predicted molar refractivity (Wildman–Crippen MR) is 51.0 cm³/mol. The van der Waals surface area contributed by atoms with Gasteiger partial charge in [-0.2, -0.15) is 0 Å². The summed E-state index contributed by atoms with van der Waals surface area (Å²) in [7, 11) is 0. The molecule has 1 aliphatic carbocycles. The maximum atomic E-state index is 10.5. The molecule has 0 bridgehead atoms. The standard InChI is InChI=1S/C8H10BrNO2/c1-6-4-7(5-9)2-3-8(6)10(11)12/h2-4,6,8H,5H2,1H3. The molecule has 0 aromatic heterocycles. The van der Waals surface area contributed by atoms with Crippen molar-refractivity contribution < 1.29 is 4.92 Å². The summed E-state index contributed by atoms with van der Waals surface area (Å²) in [6, 6.07) is -0.548. The Kier molecular flexibility index (Phi) is 3.03. The van der Waals surface area contributed by atoms with Crippen LogP contribution in [0, 0.1) is 16.0 Å². The molecule has 4 heteroatoms. The first-order chi connectivity index (χ1) is 5.65. The second-order valence-corrected chi connectivity index (χ2v) is 3.43. The van der Waals surface area contributed by atoms with E-state index in [1.807, 2.05) is 19.1 Å². The van der Waals surface area contributed by atoms with E-state index in [-0.39, 0.29) is 10.8 Å². The monoisotopic (exact) mass is 231 g/mol. The highest BCUT2D eigenvalue weighted by Gasteiger charge is 2.25. The van der Waals surface area contributed by atoms with Crippen molar-refractivity contribution in [3.8, 4) is 0 Å². The van der Waals surface area contributed by atoms with Crippen LogP contribution in [0.15, 0.2) is 23.8 Å². The van der Waals surface area contributed by atoms with E-state index in [0.717, 1.165) is 10.9 Å². The number of allylic oxidation sites excluding steroid dienone is 2. The number of hydrogen-bond acceptors (Lipinski definition) is 2. The Bertz CT molecular complexity index is 247. The third-order valence-electron chi connectivity index (χ3n) is 1.92. The SMILES string of the molecule is CC1C=C(CBr)C=CC1[N+](=O)[O-]. The Morgan fingerprint density at radius 3 is 2.83 bits per heavy atom. The number of rotatable bonds is 2. The average Bonchev–Trinajstić information content (AvgIpc) is 2.03. The lowest BCUT2D eigenvalue weighted by molar-refractivity contribution is -0.515. The summed E-state index contributed by atoms with van der Waals surface area (Å²) in [6.45, 7) is 1.86. The molecular weight excluding hydrogens is 222 g/mol. The Labute approximate surface area is 79.4 Å². The van der Waals surface area contributed by atoms with Gasteiger partial charge in [0.05, 0.1) is 0 Å². The molecule has 0 aromatic rings. The fourth-order valence-electron chi connectivity index (χ4n) is 1.24. The van der Waals surface area contributed by atoms with Crippen molar-refractivity contribution in [1.29, 1.82) is 0 Å². The third-order valence-corrected chi connectivity index (χ3v) is 2.57. The van der Waals surface area contributed by atoms with Crippen LogP contribution in [-0.4, -0.2) is 16.3 Å². The van der Waals surface area contributed by atoms with Crippen molar-refractivity contribution in [2.24, 2.45) is 5.92 Å². The first kappa shape index (κ1) is 9.45. The molecule has 2 atom stereocenters. The minimum absolute atomic E-state index is 0.00227. The van der Waals surface area contributed by atoms with Gasteiger partial charge in [-0.25, -0.2) is 0 Å². The highest BCUT2D eigenvalue weighted by molar-refractivity contribution is 9.09. The van der Waals surface area contributed by atoms with Gasteiger partial charge in [-0.15, -0.1) is 0 Å². The highest BCUT2D eigenvalue weighted by atomic mass is 79.9. The third kappa shape index (κ3) is 1.94. The maximum Gasteiger partial charge on any atom is 0.237 e. The minimum Gasteiger partial charge on any atom is -0.264 e. The Morgan fingerprint density at radius 2 is 2.42 bits per heavy atom. The first-order valence-corrected chi connectivity index (χ1v) is 4.85. The van der Waals surface area contributed by atoms with Gasteiger partial charge in [0.2, 0.25) is 6.04 Å². The van der Waals surface area contributed by atoms with Gasteiger partial charge in [0.25, 0.3) is 0 Å². The van der Waals surface area contributed by atoms with E-state index in [9.17, 15) is 10.1 Å². The van der Waals surface area contributed by atoms with Crippen LogP contribution in [0.1, 0.15) is 6.92 Å². The summed E-state index contributed by atoms with van der Waals surface area (Å²) in [5, 5.41) is 11.2. The normalized spacial score (nSPS) is 28.3. The molecule has 2 unspecified atom stereocenters. The zero-order valence-corrected chi connectivity index (χ0v) is 8.32. The van der Waals surface area contributed by atoms with Crippen LogP contribution >= 0.6 is 15.9 Å².